The molecule has 0 fully saturated rings. The van der Waals surface area contributed by atoms with Crippen LogP contribution in [-0.2, 0) is 11.2 Å². The molecule has 3 aromatic rings. The smallest absolute Gasteiger partial charge is 0.337 e. The van der Waals surface area contributed by atoms with Crippen LogP contribution in [-0.4, -0.2) is 30.8 Å². The minimum atomic E-state index is -0.702. The highest BCUT2D eigenvalue weighted by atomic mass is 16.5. The summed E-state index contributed by atoms with van der Waals surface area (Å²) in [4.78, 5) is 11.5. The molecule has 0 amide bonds. The number of carbonyl (C=O) groups excluding carboxylic acids is 1. The van der Waals surface area contributed by atoms with Gasteiger partial charge in [0.15, 0.2) is 0 Å². The first-order valence-corrected chi connectivity index (χ1v) is 8.64. The van der Waals surface area contributed by atoms with Crippen LogP contribution < -0.4 is 5.32 Å². The zero-order chi connectivity index (χ0) is 18.5. The lowest BCUT2D eigenvalue weighted by molar-refractivity contribution is 0.0600. The van der Waals surface area contributed by atoms with E-state index >= 15 is 0 Å². The number of furan rings is 1. The number of esters is 1. The Balaban J connectivity index is 1.53. The lowest BCUT2D eigenvalue weighted by atomic mass is 10.0. The number of aliphatic hydroxyl groups excluding tert-OH is 1. The zero-order valence-corrected chi connectivity index (χ0v) is 14.9. The molecule has 5 nitrogen and oxygen atoms in total. The second-order valence-corrected chi connectivity index (χ2v) is 6.40. The van der Waals surface area contributed by atoms with Crippen molar-refractivity contribution in [2.45, 2.75) is 25.5 Å². The molecule has 0 aliphatic heterocycles. The third kappa shape index (κ3) is 4.31. The summed E-state index contributed by atoms with van der Waals surface area (Å²) >= 11 is 0. The quantitative estimate of drug-likeness (QED) is 0.637. The number of benzene rings is 2. The Hall–Kier alpha value is -2.63. The van der Waals surface area contributed by atoms with Crippen LogP contribution >= 0.6 is 0 Å². The van der Waals surface area contributed by atoms with E-state index in [1.54, 1.807) is 12.1 Å². The van der Waals surface area contributed by atoms with Crippen molar-refractivity contribution in [3.63, 3.8) is 0 Å². The van der Waals surface area contributed by atoms with Crippen molar-refractivity contribution in [1.82, 2.24) is 5.32 Å². The number of fused-ring (bicyclic) bond motifs is 1. The van der Waals surface area contributed by atoms with Crippen LogP contribution in [0.5, 0.6) is 0 Å². The van der Waals surface area contributed by atoms with Crippen molar-refractivity contribution in [1.29, 1.82) is 0 Å². The van der Waals surface area contributed by atoms with Crippen LogP contribution in [0, 0.1) is 0 Å². The second-order valence-electron chi connectivity index (χ2n) is 6.40. The highest BCUT2D eigenvalue weighted by molar-refractivity contribution is 5.89. The van der Waals surface area contributed by atoms with Crippen LogP contribution in [0.4, 0.5) is 0 Å². The van der Waals surface area contributed by atoms with E-state index in [2.05, 4.69) is 12.2 Å². The Morgan fingerprint density at radius 2 is 1.92 bits per heavy atom. The van der Waals surface area contributed by atoms with Crippen molar-refractivity contribution >= 4 is 16.9 Å². The Labute approximate surface area is 152 Å². The Morgan fingerprint density at radius 1 is 1.19 bits per heavy atom. The van der Waals surface area contributed by atoms with Gasteiger partial charge < -0.3 is 19.6 Å². The molecule has 0 bridgehead atoms. The number of aliphatic hydroxyl groups is 1. The minimum Gasteiger partial charge on any atom is -0.465 e. The minimum absolute atomic E-state index is 0.165. The number of ether oxygens (including phenoxy) is 1. The largest absolute Gasteiger partial charge is 0.465 e. The van der Waals surface area contributed by atoms with Gasteiger partial charge in [-0.15, -0.1) is 0 Å². The summed E-state index contributed by atoms with van der Waals surface area (Å²) < 4.78 is 10.4. The van der Waals surface area contributed by atoms with Gasteiger partial charge >= 0.3 is 5.97 Å². The molecule has 0 saturated heterocycles. The number of hydrogen-bond acceptors (Lipinski definition) is 5. The predicted molar refractivity (Wildman–Crippen MR) is 100 cm³/mol. The summed E-state index contributed by atoms with van der Waals surface area (Å²) in [7, 11) is 1.37. The van der Waals surface area contributed by atoms with E-state index in [1.165, 1.54) is 7.11 Å². The number of carbonyl (C=O) groups is 1. The van der Waals surface area contributed by atoms with Crippen molar-refractivity contribution < 1.29 is 19.1 Å². The normalized spacial score (nSPS) is 13.5. The highest BCUT2D eigenvalue weighted by Crippen LogP contribution is 2.23. The molecule has 2 atom stereocenters. The molecule has 3 rings (SSSR count). The molecule has 0 aliphatic carbocycles. The molecule has 26 heavy (non-hydrogen) atoms. The molecule has 2 aromatic carbocycles. The van der Waals surface area contributed by atoms with Gasteiger partial charge in [-0.2, -0.15) is 0 Å². The van der Waals surface area contributed by atoms with Gasteiger partial charge in [-0.1, -0.05) is 30.3 Å². The number of nitrogens with one attached hydrogen (secondary N) is 1. The van der Waals surface area contributed by atoms with Crippen molar-refractivity contribution in [3.8, 4) is 0 Å². The monoisotopic (exact) mass is 353 g/mol. The molecule has 0 radical (unpaired) electrons. The van der Waals surface area contributed by atoms with Gasteiger partial charge in [0, 0.05) is 18.0 Å². The van der Waals surface area contributed by atoms with E-state index < -0.39 is 6.10 Å². The average molecular weight is 353 g/mol. The lowest BCUT2D eigenvalue weighted by Gasteiger charge is -2.16. The first-order valence-electron chi connectivity index (χ1n) is 8.64. The SMILES string of the molecule is COC(=O)c1ccc(C[C@@H](C)NC[C@H](O)c2cc3ccccc3o2)cc1. The van der Waals surface area contributed by atoms with E-state index in [0.717, 1.165) is 23.0 Å². The summed E-state index contributed by atoms with van der Waals surface area (Å²) in [6, 6.07) is 17.1. The fraction of sp³-hybridized carbons (Fsp3) is 0.286. The maximum absolute atomic E-state index is 11.5. The van der Waals surface area contributed by atoms with Crippen LogP contribution in [0.25, 0.3) is 11.0 Å². The highest BCUT2D eigenvalue weighted by Gasteiger charge is 2.14. The molecule has 0 saturated carbocycles. The fourth-order valence-corrected chi connectivity index (χ4v) is 2.90. The van der Waals surface area contributed by atoms with Crippen molar-refractivity contribution in [2.75, 3.05) is 13.7 Å². The topological polar surface area (TPSA) is 71.7 Å². The number of methoxy groups -OCH3 is 1. The third-order valence-electron chi connectivity index (χ3n) is 4.35. The third-order valence-corrected chi connectivity index (χ3v) is 4.35. The Bertz CT molecular complexity index is 836. The molecule has 136 valence electrons. The second kappa shape index (κ2) is 8.17. The summed E-state index contributed by atoms with van der Waals surface area (Å²) in [6.45, 7) is 2.46. The first-order chi connectivity index (χ1) is 12.6. The maximum Gasteiger partial charge on any atom is 0.337 e. The number of hydrogen-bond donors (Lipinski definition) is 2. The molecule has 5 heteroatoms. The molecule has 0 aliphatic rings. The molecular weight excluding hydrogens is 330 g/mol. The molecule has 0 spiro atoms. The summed E-state index contributed by atoms with van der Waals surface area (Å²) in [5.41, 5.74) is 2.42. The van der Waals surface area contributed by atoms with Gasteiger partial charge in [-0.3, -0.25) is 0 Å². The van der Waals surface area contributed by atoms with E-state index in [4.69, 9.17) is 9.15 Å². The van der Waals surface area contributed by atoms with E-state index in [1.807, 2.05) is 42.5 Å². The van der Waals surface area contributed by atoms with E-state index in [9.17, 15) is 9.90 Å². The molecule has 0 unspecified atom stereocenters. The number of rotatable bonds is 7. The Morgan fingerprint density at radius 3 is 2.62 bits per heavy atom. The van der Waals surface area contributed by atoms with Crippen molar-refractivity contribution in [3.05, 3.63) is 71.5 Å². The summed E-state index contributed by atoms with van der Waals surface area (Å²) in [5, 5.41) is 14.7. The summed E-state index contributed by atoms with van der Waals surface area (Å²) in [5.74, 6) is 0.227. The first kappa shape index (κ1) is 18.2. The van der Waals surface area contributed by atoms with E-state index in [0.29, 0.717) is 17.9 Å². The van der Waals surface area contributed by atoms with Gasteiger partial charge in [-0.05, 0) is 43.2 Å². The van der Waals surface area contributed by atoms with E-state index in [-0.39, 0.29) is 12.0 Å². The lowest BCUT2D eigenvalue weighted by Crippen LogP contribution is -2.31. The van der Waals surface area contributed by atoms with Gasteiger partial charge in [0.25, 0.3) is 0 Å². The summed E-state index contributed by atoms with van der Waals surface area (Å²) in [6.07, 6.45) is 0.0837. The van der Waals surface area contributed by atoms with Gasteiger partial charge in [0.2, 0.25) is 0 Å². The van der Waals surface area contributed by atoms with Gasteiger partial charge in [0.1, 0.15) is 17.4 Å². The zero-order valence-electron chi connectivity index (χ0n) is 14.9. The van der Waals surface area contributed by atoms with Crippen LogP contribution in [0.1, 0.15) is 34.7 Å². The van der Waals surface area contributed by atoms with Gasteiger partial charge in [-0.25, -0.2) is 4.79 Å². The molecule has 1 heterocycles. The average Bonchev–Trinajstić information content (AvgIpc) is 3.10. The van der Waals surface area contributed by atoms with Crippen LogP contribution in [0.3, 0.4) is 0 Å². The van der Waals surface area contributed by atoms with Gasteiger partial charge in [0.05, 0.1) is 12.7 Å². The number of para-hydroxylation sites is 1. The molecule has 2 N–H and O–H groups in total. The maximum atomic E-state index is 11.5. The van der Waals surface area contributed by atoms with Crippen molar-refractivity contribution in [2.24, 2.45) is 0 Å². The standard InChI is InChI=1S/C21H23NO4/c1-14(11-15-7-9-16(10-8-15)21(24)25-2)22-13-18(23)20-12-17-5-3-4-6-19(17)26-20/h3-10,12,14,18,22-23H,11,13H2,1-2H3/t14-,18+/m1/s1. The molecular formula is C21H23NO4. The predicted octanol–water partition coefficient (Wildman–Crippen LogP) is 3.47. The molecule has 1 aromatic heterocycles. The van der Waals surface area contributed by atoms with Crippen LogP contribution in [0.2, 0.25) is 0 Å². The van der Waals surface area contributed by atoms with Crippen LogP contribution in [0.15, 0.2) is 59.0 Å². The fourth-order valence-electron chi connectivity index (χ4n) is 2.90. The Kier molecular flexibility index (Phi) is 5.71.